The van der Waals surface area contributed by atoms with Gasteiger partial charge >= 0.3 is 11.9 Å². The third-order valence-corrected chi connectivity index (χ3v) is 2.89. The maximum absolute atomic E-state index is 11.8. The molecule has 1 aromatic carbocycles. The zero-order valence-electron chi connectivity index (χ0n) is 11.6. The lowest BCUT2D eigenvalue weighted by atomic mass is 10.1. The zero-order valence-corrected chi connectivity index (χ0v) is 13.1. The minimum atomic E-state index is -1.23. The van der Waals surface area contributed by atoms with Crippen LogP contribution in [0.4, 0.5) is 5.69 Å². The quantitative estimate of drug-likeness (QED) is 0.455. The number of carbonyl (C=O) groups excluding carboxylic acids is 2. The van der Waals surface area contributed by atoms with Crippen LogP contribution < -0.4 is 0 Å². The summed E-state index contributed by atoms with van der Waals surface area (Å²) in [5, 5.41) is 0.775. The Labute approximate surface area is 132 Å². The molecule has 0 atom stereocenters. The number of aliphatic imine (C=N–C) groups is 1. The van der Waals surface area contributed by atoms with E-state index in [1.54, 1.807) is 26.0 Å². The first-order valence-electron chi connectivity index (χ1n) is 6.32. The van der Waals surface area contributed by atoms with E-state index in [0.717, 1.165) is 6.21 Å². The van der Waals surface area contributed by atoms with Crippen LogP contribution in [0.1, 0.15) is 13.8 Å². The van der Waals surface area contributed by atoms with Crippen LogP contribution in [0.2, 0.25) is 10.0 Å². The van der Waals surface area contributed by atoms with Gasteiger partial charge in [0.1, 0.15) is 0 Å². The van der Waals surface area contributed by atoms with Crippen molar-refractivity contribution >= 4 is 47.0 Å². The third-order valence-electron chi connectivity index (χ3n) is 2.35. The van der Waals surface area contributed by atoms with Crippen molar-refractivity contribution in [1.29, 1.82) is 0 Å². The highest BCUT2D eigenvalue weighted by Crippen LogP contribution is 2.27. The van der Waals surface area contributed by atoms with Crippen molar-refractivity contribution in [2.24, 2.45) is 10.9 Å². The lowest BCUT2D eigenvalue weighted by Gasteiger charge is -2.10. The Balaban J connectivity index is 2.96. The fourth-order valence-electron chi connectivity index (χ4n) is 1.42. The molecule has 0 aliphatic rings. The summed E-state index contributed by atoms with van der Waals surface area (Å²) in [7, 11) is 0. The Morgan fingerprint density at radius 1 is 1.19 bits per heavy atom. The van der Waals surface area contributed by atoms with Crippen LogP contribution in [-0.2, 0) is 19.1 Å². The maximum Gasteiger partial charge on any atom is 0.325 e. The van der Waals surface area contributed by atoms with Gasteiger partial charge in [0.2, 0.25) is 0 Å². The molecule has 114 valence electrons. The summed E-state index contributed by atoms with van der Waals surface area (Å²) in [4.78, 5) is 27.5. The van der Waals surface area contributed by atoms with E-state index >= 15 is 0 Å². The van der Waals surface area contributed by atoms with E-state index in [4.69, 9.17) is 32.7 Å². The van der Waals surface area contributed by atoms with E-state index < -0.39 is 17.9 Å². The molecule has 0 fully saturated rings. The van der Waals surface area contributed by atoms with Crippen LogP contribution in [0.25, 0.3) is 0 Å². The van der Waals surface area contributed by atoms with Gasteiger partial charge in [0, 0.05) is 11.2 Å². The summed E-state index contributed by atoms with van der Waals surface area (Å²) in [6, 6.07) is 4.69. The minimum Gasteiger partial charge on any atom is -0.465 e. The Hall–Kier alpha value is -1.59. The summed E-state index contributed by atoms with van der Waals surface area (Å²) in [5.74, 6) is -2.66. The van der Waals surface area contributed by atoms with Crippen molar-refractivity contribution in [2.75, 3.05) is 13.2 Å². The van der Waals surface area contributed by atoms with Gasteiger partial charge in [-0.3, -0.25) is 14.6 Å². The molecule has 1 aromatic rings. The summed E-state index contributed by atoms with van der Waals surface area (Å²) in [5.41, 5.74) is 0.389. The maximum atomic E-state index is 11.8. The second-order valence-electron chi connectivity index (χ2n) is 3.86. The average molecular weight is 332 g/mol. The molecular formula is C14H15Cl2NO4. The fraction of sp³-hybridized carbons (Fsp3) is 0.357. The fourth-order valence-corrected chi connectivity index (χ4v) is 1.88. The minimum absolute atomic E-state index is 0.157. The number of hydrogen-bond donors (Lipinski definition) is 0. The zero-order chi connectivity index (χ0) is 15.8. The number of rotatable bonds is 6. The van der Waals surface area contributed by atoms with Crippen LogP contribution in [0, 0.1) is 5.92 Å². The van der Waals surface area contributed by atoms with Crippen LogP contribution in [-0.4, -0.2) is 31.4 Å². The molecule has 0 aromatic heterocycles. The molecule has 0 amide bonds. The highest BCUT2D eigenvalue weighted by molar-refractivity contribution is 6.36. The van der Waals surface area contributed by atoms with Crippen LogP contribution in [0.15, 0.2) is 23.2 Å². The summed E-state index contributed by atoms with van der Waals surface area (Å²) < 4.78 is 9.65. The first kappa shape index (κ1) is 17.5. The van der Waals surface area contributed by atoms with Gasteiger partial charge in [-0.2, -0.15) is 0 Å². The topological polar surface area (TPSA) is 65.0 Å². The summed E-state index contributed by atoms with van der Waals surface area (Å²) >= 11 is 11.7. The second-order valence-corrected chi connectivity index (χ2v) is 4.70. The monoisotopic (exact) mass is 331 g/mol. The Kier molecular flexibility index (Phi) is 7.19. The van der Waals surface area contributed by atoms with Crippen molar-refractivity contribution < 1.29 is 19.1 Å². The molecule has 0 aliphatic carbocycles. The predicted molar refractivity (Wildman–Crippen MR) is 81.4 cm³/mol. The van der Waals surface area contributed by atoms with Crippen molar-refractivity contribution in [1.82, 2.24) is 0 Å². The molecular weight excluding hydrogens is 317 g/mol. The highest BCUT2D eigenvalue weighted by Gasteiger charge is 2.27. The Morgan fingerprint density at radius 2 is 1.76 bits per heavy atom. The number of nitrogens with zero attached hydrogens (tertiary/aromatic N) is 1. The molecule has 0 saturated heterocycles. The molecule has 0 spiro atoms. The molecule has 5 nitrogen and oxygen atoms in total. The number of benzene rings is 1. The largest absolute Gasteiger partial charge is 0.465 e. The highest BCUT2D eigenvalue weighted by atomic mass is 35.5. The normalized spacial score (nSPS) is 10.9. The molecule has 1 rings (SSSR count). The van der Waals surface area contributed by atoms with Crippen LogP contribution in [0.3, 0.4) is 0 Å². The molecule has 0 heterocycles. The first-order valence-corrected chi connectivity index (χ1v) is 7.07. The second kappa shape index (κ2) is 8.64. The van der Waals surface area contributed by atoms with Gasteiger partial charge in [-0.05, 0) is 32.0 Å². The molecule has 0 bridgehead atoms. The molecule has 21 heavy (non-hydrogen) atoms. The van der Waals surface area contributed by atoms with Gasteiger partial charge in [-0.15, -0.1) is 0 Å². The van der Waals surface area contributed by atoms with Crippen molar-refractivity contribution in [3.63, 3.8) is 0 Å². The first-order chi connectivity index (χ1) is 9.99. The van der Waals surface area contributed by atoms with E-state index in [1.807, 2.05) is 0 Å². The molecule has 0 N–H and O–H groups in total. The van der Waals surface area contributed by atoms with Crippen molar-refractivity contribution in [3.8, 4) is 0 Å². The standard InChI is InChI=1S/C14H15Cl2NO4/c1-3-20-13(18)10(14(19)21-4-2)8-17-12-6-5-9(15)7-11(12)16/h5-8,10H,3-4H2,1-2H3. The van der Waals surface area contributed by atoms with Gasteiger partial charge in [-0.1, -0.05) is 23.2 Å². The molecule has 0 radical (unpaired) electrons. The van der Waals surface area contributed by atoms with E-state index in [0.29, 0.717) is 15.7 Å². The van der Waals surface area contributed by atoms with E-state index in [9.17, 15) is 9.59 Å². The average Bonchev–Trinajstić information content (AvgIpc) is 2.41. The van der Waals surface area contributed by atoms with E-state index in [-0.39, 0.29) is 13.2 Å². The third kappa shape index (κ3) is 5.36. The Morgan fingerprint density at radius 3 is 2.24 bits per heavy atom. The number of carbonyl (C=O) groups is 2. The van der Waals surface area contributed by atoms with Gasteiger partial charge in [-0.25, -0.2) is 0 Å². The molecule has 0 unspecified atom stereocenters. The van der Waals surface area contributed by atoms with Gasteiger partial charge < -0.3 is 9.47 Å². The van der Waals surface area contributed by atoms with Crippen LogP contribution >= 0.6 is 23.2 Å². The van der Waals surface area contributed by atoms with Crippen molar-refractivity contribution in [3.05, 3.63) is 28.2 Å². The predicted octanol–water partition coefficient (Wildman–Crippen LogP) is 3.44. The van der Waals surface area contributed by atoms with Gasteiger partial charge in [0.05, 0.1) is 23.9 Å². The summed E-state index contributed by atoms with van der Waals surface area (Å²) in [6.07, 6.45) is 1.16. The van der Waals surface area contributed by atoms with E-state index in [2.05, 4.69) is 4.99 Å². The van der Waals surface area contributed by atoms with Crippen LogP contribution in [0.5, 0.6) is 0 Å². The summed E-state index contributed by atoms with van der Waals surface area (Å²) in [6.45, 7) is 3.61. The van der Waals surface area contributed by atoms with Crippen molar-refractivity contribution in [2.45, 2.75) is 13.8 Å². The van der Waals surface area contributed by atoms with Gasteiger partial charge in [0.15, 0.2) is 5.92 Å². The SMILES string of the molecule is CCOC(=O)C(C=Nc1ccc(Cl)cc1Cl)C(=O)OCC. The lowest BCUT2D eigenvalue weighted by Crippen LogP contribution is -2.29. The number of hydrogen-bond acceptors (Lipinski definition) is 5. The number of halogens is 2. The van der Waals surface area contributed by atoms with E-state index in [1.165, 1.54) is 6.07 Å². The lowest BCUT2D eigenvalue weighted by molar-refractivity contribution is -0.157. The van der Waals surface area contributed by atoms with Gasteiger partial charge in [0.25, 0.3) is 0 Å². The number of esters is 2. The Bertz CT molecular complexity index is 528. The molecule has 0 aliphatic heterocycles. The number of ether oxygens (including phenoxy) is 2. The molecule has 0 saturated carbocycles. The smallest absolute Gasteiger partial charge is 0.325 e. The molecule has 7 heteroatoms.